The predicted octanol–water partition coefficient (Wildman–Crippen LogP) is 4.90. The van der Waals surface area contributed by atoms with Crippen LogP contribution in [0.1, 0.15) is 78.4 Å². The fourth-order valence-electron chi connectivity index (χ4n) is 0.235. The summed E-state index contributed by atoms with van der Waals surface area (Å²) >= 11 is 4.34. The molecule has 0 aromatic carbocycles. The van der Waals surface area contributed by atoms with Crippen LogP contribution in [0.2, 0.25) is 0 Å². The minimum absolute atomic E-state index is 2.17. The van der Waals surface area contributed by atoms with Crippen LogP contribution in [0.25, 0.3) is 0 Å². The molecule has 0 saturated carbocycles. The van der Waals surface area contributed by atoms with Crippen molar-refractivity contribution in [3.05, 3.63) is 0 Å². The van der Waals surface area contributed by atoms with Gasteiger partial charge in [0.15, 0.2) is 0 Å². The van der Waals surface area contributed by atoms with Gasteiger partial charge in [0.05, 0.1) is 0 Å². The van der Waals surface area contributed by atoms with Crippen molar-refractivity contribution in [1.29, 1.82) is 0 Å². The number of hydrogen-bond donors (Lipinski definition) is 0. The van der Waals surface area contributed by atoms with Crippen molar-refractivity contribution in [2.45, 2.75) is 51.0 Å². The molecular weight excluding hydrogens is 280 g/mol. The van der Waals surface area contributed by atoms with Gasteiger partial charge in [-0.05, 0) is 12.7 Å². The van der Waals surface area contributed by atoms with Gasteiger partial charge in [-0.25, -0.2) is 0 Å². The number of alkyl halides is 2. The summed E-state index contributed by atoms with van der Waals surface area (Å²) in [5.41, 5.74) is 0. The first kappa shape index (κ1) is 1.81. The zero-order chi connectivity index (χ0) is 27.0. The Hall–Kier alpha value is 0.960. The third-order valence-corrected chi connectivity index (χ3v) is 0.928. The van der Waals surface area contributed by atoms with Crippen LogP contribution in [0.5, 0.6) is 0 Å². The quantitative estimate of drug-likeness (QED) is 0.530. The molecule has 0 rings (SSSR count). The normalized spacial score (nSPS) is 47.2. The van der Waals surface area contributed by atoms with Crippen LogP contribution < -0.4 is 0 Å². The van der Waals surface area contributed by atoms with Gasteiger partial charge in [0.2, 0.25) is 0 Å². The summed E-state index contributed by atoms with van der Waals surface area (Å²) in [5, 5.41) is -6.65. The summed E-state index contributed by atoms with van der Waals surface area (Å²) in [7, 11) is 0. The highest BCUT2D eigenvalue weighted by molar-refractivity contribution is 9.09. The molecule has 0 fully saturated rings. The molecule has 0 saturated heterocycles. The van der Waals surface area contributed by atoms with Gasteiger partial charge in [-0.15, -0.1) is 0 Å². The van der Waals surface area contributed by atoms with E-state index < -0.39 is 61.5 Å². The van der Waals surface area contributed by atoms with E-state index in [1.165, 1.54) is 0 Å². The second kappa shape index (κ2) is 12.0. The summed E-state index contributed by atoms with van der Waals surface area (Å²) < 4.78 is 154. The van der Waals surface area contributed by atoms with E-state index in [4.69, 9.17) is 27.4 Å². The SMILES string of the molecule is [2H]C([2H])(Br)C([2H])([2H])C([2H])([2H])C([2H])([2H])C([2H])([2H])C([2H])([2H])C([2H])([2H])C([2H])([2H])C([2H])([2H])C([2H])([2H])Br. The lowest BCUT2D eigenvalue weighted by molar-refractivity contribution is 0.588. The Morgan fingerprint density at radius 3 is 1.08 bits per heavy atom. The Kier molecular flexibility index (Phi) is 1.81. The molecule has 74 valence electrons. The van der Waals surface area contributed by atoms with Crippen molar-refractivity contribution in [2.24, 2.45) is 0 Å². The van der Waals surface area contributed by atoms with E-state index in [1.54, 1.807) is 0 Å². The molecule has 0 amide bonds. The first-order chi connectivity index (χ1) is 13.2. The fraction of sp³-hybridized carbons (Fsp3) is 1.00. The summed E-state index contributed by atoms with van der Waals surface area (Å²) in [4.78, 5) is 0. The largest absolute Gasteiger partial charge is 0.0928 e. The van der Waals surface area contributed by atoms with Crippen molar-refractivity contribution in [1.82, 2.24) is 0 Å². The second-order valence-electron chi connectivity index (χ2n) is 1.19. The molecular formula is C10H20Br2. The monoisotopic (exact) mass is 318 g/mol. The lowest BCUT2D eigenvalue weighted by atomic mass is 10.1. The summed E-state index contributed by atoms with van der Waals surface area (Å²) in [6, 6.07) is 0. The maximum Gasteiger partial charge on any atom is 0.0387 e. The van der Waals surface area contributed by atoms with Crippen LogP contribution in [0, 0.1) is 0 Å². The van der Waals surface area contributed by atoms with Gasteiger partial charge < -0.3 is 0 Å². The topological polar surface area (TPSA) is 0 Å². The first-order valence-corrected chi connectivity index (χ1v) is 4.21. The third-order valence-electron chi connectivity index (χ3n) is 0.532. The molecule has 0 N–H and O–H groups in total. The molecule has 0 heterocycles. The van der Waals surface area contributed by atoms with E-state index in [0.29, 0.717) is 0 Å². The Bertz CT molecular complexity index is 636. The summed E-state index contributed by atoms with van der Waals surface area (Å²) in [5.74, 6) is 0. The highest BCUT2D eigenvalue weighted by Gasteiger charge is 1.90. The molecule has 12 heavy (non-hydrogen) atoms. The van der Waals surface area contributed by atoms with Gasteiger partial charge >= 0.3 is 0 Å². The molecule has 0 aromatic heterocycles. The third kappa shape index (κ3) is 11.0. The highest BCUT2D eigenvalue weighted by Crippen LogP contribution is 2.09. The van der Waals surface area contributed by atoms with Gasteiger partial charge in [-0.1, -0.05) is 70.1 Å². The van der Waals surface area contributed by atoms with Crippen molar-refractivity contribution in [3.8, 4) is 0 Å². The Morgan fingerprint density at radius 2 is 0.833 bits per heavy atom. The first-order valence-electron chi connectivity index (χ1n) is 12.6. The molecule has 0 aromatic rings. The molecule has 0 bridgehead atoms. The smallest absolute Gasteiger partial charge is 0.0387 e. The van der Waals surface area contributed by atoms with Gasteiger partial charge in [-0.2, -0.15) is 0 Å². The minimum Gasteiger partial charge on any atom is -0.0928 e. The van der Waals surface area contributed by atoms with Gasteiger partial charge in [-0.3, -0.25) is 0 Å². The van der Waals surface area contributed by atoms with E-state index in [-0.39, 0.29) is 0 Å². The Labute approximate surface area is 122 Å². The number of halogens is 2. The zero-order valence-corrected chi connectivity index (χ0v) is 8.93. The van der Waals surface area contributed by atoms with E-state index >= 15 is 0 Å². The lowest BCUT2D eigenvalue weighted by Gasteiger charge is -1.99. The van der Waals surface area contributed by atoms with Gasteiger partial charge in [0.1, 0.15) is 0 Å². The molecule has 0 spiro atoms. The molecule has 0 aliphatic rings. The van der Waals surface area contributed by atoms with Crippen LogP contribution in [0.3, 0.4) is 0 Å². The van der Waals surface area contributed by atoms with E-state index in [2.05, 4.69) is 31.9 Å². The molecule has 0 radical (unpaired) electrons. The molecule has 0 unspecified atom stereocenters. The average molecular weight is 320 g/mol. The Morgan fingerprint density at radius 1 is 0.583 bits per heavy atom. The summed E-state index contributed by atoms with van der Waals surface area (Å²) in [6.07, 6.45) is -33.9. The molecule has 2 heteroatoms. The Balaban J connectivity index is 7.00. The molecule has 0 atom stereocenters. The van der Waals surface area contributed by atoms with Crippen LogP contribution in [0.4, 0.5) is 0 Å². The van der Waals surface area contributed by atoms with Crippen molar-refractivity contribution in [3.63, 3.8) is 0 Å². The van der Waals surface area contributed by atoms with Crippen molar-refractivity contribution in [2.75, 3.05) is 10.6 Å². The predicted molar refractivity (Wildman–Crippen MR) is 64.5 cm³/mol. The second-order valence-corrected chi connectivity index (χ2v) is 1.98. The fourth-order valence-corrected chi connectivity index (χ4v) is 0.433. The van der Waals surface area contributed by atoms with Crippen LogP contribution in [-0.2, 0) is 0 Å². The standard InChI is InChI=1S/C10H20Br2/c11-9-7-5-3-1-2-4-6-8-10-12/h1-10H2/i1D2,2D2,3D2,4D2,5D2,6D2,7D2,8D2,9D2,10D2. The van der Waals surface area contributed by atoms with Crippen LogP contribution in [-0.4, -0.2) is 10.6 Å². The minimum atomic E-state index is -4.47. The molecule has 0 aliphatic carbocycles. The van der Waals surface area contributed by atoms with E-state index in [0.717, 1.165) is 0 Å². The highest BCUT2D eigenvalue weighted by atomic mass is 79.9. The van der Waals surface area contributed by atoms with Gasteiger partial charge in [0, 0.05) is 38.0 Å². The maximum absolute atomic E-state index is 7.91. The average Bonchev–Trinajstić information content (AvgIpc) is 2.51. The van der Waals surface area contributed by atoms with E-state index in [1.807, 2.05) is 0 Å². The lowest BCUT2D eigenvalue weighted by Crippen LogP contribution is -1.81. The van der Waals surface area contributed by atoms with Crippen LogP contribution in [0.15, 0.2) is 0 Å². The van der Waals surface area contributed by atoms with Crippen LogP contribution >= 0.6 is 31.9 Å². The van der Waals surface area contributed by atoms with Crippen molar-refractivity contribution >= 4 is 31.9 Å². The van der Waals surface area contributed by atoms with Crippen molar-refractivity contribution < 1.29 is 27.4 Å². The number of hydrogen-bond acceptors (Lipinski definition) is 0. The molecule has 0 nitrogen and oxygen atoms in total. The maximum atomic E-state index is 7.91. The molecule has 0 aliphatic heterocycles. The van der Waals surface area contributed by atoms with E-state index in [9.17, 15) is 0 Å². The van der Waals surface area contributed by atoms with Gasteiger partial charge in [0.25, 0.3) is 0 Å². The summed E-state index contributed by atoms with van der Waals surface area (Å²) in [6.45, 7) is 0. The zero-order valence-electron chi connectivity index (χ0n) is 25.8. The number of rotatable bonds is 9.